The van der Waals surface area contributed by atoms with E-state index < -0.39 is 0 Å². The van der Waals surface area contributed by atoms with E-state index in [-0.39, 0.29) is 5.91 Å². The third-order valence-corrected chi connectivity index (χ3v) is 4.75. The standard InChI is InChI=1S/C20H17Cl2NO2/c1-11-4-5-12(2)18(8-11)23-20(24)15-10-19(25-13(15)3)14-6-7-16(21)17(22)9-14/h4-10H,1-3H3,(H,23,24). The number of hydrogen-bond acceptors (Lipinski definition) is 2. The molecule has 0 radical (unpaired) electrons. The van der Waals surface area contributed by atoms with Gasteiger partial charge < -0.3 is 9.73 Å². The summed E-state index contributed by atoms with van der Waals surface area (Å²) in [6.07, 6.45) is 0. The number of nitrogens with one attached hydrogen (secondary N) is 1. The summed E-state index contributed by atoms with van der Waals surface area (Å²) in [6, 6.07) is 12.9. The van der Waals surface area contributed by atoms with Crippen molar-refractivity contribution in [3.63, 3.8) is 0 Å². The van der Waals surface area contributed by atoms with Gasteiger partial charge in [0.2, 0.25) is 0 Å². The van der Waals surface area contributed by atoms with Gasteiger partial charge in [-0.25, -0.2) is 0 Å². The predicted molar refractivity (Wildman–Crippen MR) is 103 cm³/mol. The first-order valence-corrected chi connectivity index (χ1v) is 8.55. The number of carbonyl (C=O) groups is 1. The molecule has 0 aliphatic heterocycles. The lowest BCUT2D eigenvalue weighted by Gasteiger charge is -2.08. The van der Waals surface area contributed by atoms with Gasteiger partial charge >= 0.3 is 0 Å². The summed E-state index contributed by atoms with van der Waals surface area (Å²) >= 11 is 12.0. The van der Waals surface area contributed by atoms with Gasteiger partial charge in [0.25, 0.3) is 5.91 Å². The fourth-order valence-electron chi connectivity index (χ4n) is 2.56. The lowest BCUT2D eigenvalue weighted by Crippen LogP contribution is -2.13. The highest BCUT2D eigenvalue weighted by atomic mass is 35.5. The summed E-state index contributed by atoms with van der Waals surface area (Å²) in [5.41, 5.74) is 4.14. The molecule has 0 saturated heterocycles. The van der Waals surface area contributed by atoms with Crippen LogP contribution >= 0.6 is 23.2 Å². The molecule has 1 heterocycles. The van der Waals surface area contributed by atoms with Crippen molar-refractivity contribution < 1.29 is 9.21 Å². The van der Waals surface area contributed by atoms with E-state index in [1.807, 2.05) is 32.0 Å². The average Bonchev–Trinajstić information content (AvgIpc) is 2.95. The van der Waals surface area contributed by atoms with E-state index in [4.69, 9.17) is 27.6 Å². The Hall–Kier alpha value is -2.23. The zero-order chi connectivity index (χ0) is 18.1. The van der Waals surface area contributed by atoms with Crippen LogP contribution in [0, 0.1) is 20.8 Å². The van der Waals surface area contributed by atoms with E-state index in [1.165, 1.54) is 0 Å². The number of aryl methyl sites for hydroxylation is 3. The molecule has 5 heteroatoms. The Labute approximate surface area is 156 Å². The van der Waals surface area contributed by atoms with Gasteiger partial charge in [-0.1, -0.05) is 35.3 Å². The summed E-state index contributed by atoms with van der Waals surface area (Å²) in [7, 11) is 0. The first-order valence-electron chi connectivity index (χ1n) is 7.79. The van der Waals surface area contributed by atoms with Crippen molar-refractivity contribution in [3.05, 3.63) is 75.0 Å². The Balaban J connectivity index is 1.90. The van der Waals surface area contributed by atoms with Crippen LogP contribution in [0.5, 0.6) is 0 Å². The molecule has 25 heavy (non-hydrogen) atoms. The number of halogens is 2. The van der Waals surface area contributed by atoms with Gasteiger partial charge in [0.1, 0.15) is 11.5 Å². The van der Waals surface area contributed by atoms with Gasteiger partial charge in [0, 0.05) is 11.3 Å². The quantitative estimate of drug-likeness (QED) is 0.574. The van der Waals surface area contributed by atoms with Crippen LogP contribution in [0.15, 0.2) is 46.9 Å². The second-order valence-corrected chi connectivity index (χ2v) is 6.80. The van der Waals surface area contributed by atoms with Crippen molar-refractivity contribution >= 4 is 34.8 Å². The van der Waals surface area contributed by atoms with Gasteiger partial charge in [0.05, 0.1) is 15.6 Å². The van der Waals surface area contributed by atoms with Crippen LogP contribution in [0.2, 0.25) is 10.0 Å². The average molecular weight is 374 g/mol. The zero-order valence-electron chi connectivity index (χ0n) is 14.1. The van der Waals surface area contributed by atoms with Crippen molar-refractivity contribution in [1.82, 2.24) is 0 Å². The van der Waals surface area contributed by atoms with Gasteiger partial charge in [0.15, 0.2) is 0 Å². The molecule has 1 aromatic heterocycles. The smallest absolute Gasteiger partial charge is 0.259 e. The monoisotopic (exact) mass is 373 g/mol. The minimum Gasteiger partial charge on any atom is -0.461 e. The lowest BCUT2D eigenvalue weighted by molar-refractivity contribution is 0.102. The third kappa shape index (κ3) is 3.73. The SMILES string of the molecule is Cc1ccc(C)c(NC(=O)c2cc(-c3ccc(Cl)c(Cl)c3)oc2C)c1. The number of furan rings is 1. The van der Waals surface area contributed by atoms with Gasteiger partial charge in [-0.15, -0.1) is 0 Å². The van der Waals surface area contributed by atoms with Crippen LogP contribution in [0.4, 0.5) is 5.69 Å². The van der Waals surface area contributed by atoms with Crippen molar-refractivity contribution in [3.8, 4) is 11.3 Å². The molecule has 0 fully saturated rings. The molecule has 3 aromatic rings. The molecule has 0 aliphatic carbocycles. The first kappa shape index (κ1) is 17.6. The van der Waals surface area contributed by atoms with Crippen LogP contribution < -0.4 is 5.32 Å². The number of benzene rings is 2. The lowest BCUT2D eigenvalue weighted by atomic mass is 10.1. The predicted octanol–water partition coefficient (Wildman–Crippen LogP) is 6.43. The molecule has 0 unspecified atom stereocenters. The molecular weight excluding hydrogens is 357 g/mol. The Bertz CT molecular complexity index is 960. The summed E-state index contributed by atoms with van der Waals surface area (Å²) in [6.45, 7) is 5.71. The van der Waals surface area contributed by atoms with Crippen LogP contribution in [0.3, 0.4) is 0 Å². The zero-order valence-corrected chi connectivity index (χ0v) is 15.6. The highest BCUT2D eigenvalue weighted by Gasteiger charge is 2.17. The Morgan fingerprint density at radius 3 is 2.44 bits per heavy atom. The van der Waals surface area contributed by atoms with Gasteiger partial charge in [-0.2, -0.15) is 0 Å². The molecular formula is C20H17Cl2NO2. The van der Waals surface area contributed by atoms with E-state index in [0.717, 1.165) is 22.4 Å². The van der Waals surface area contributed by atoms with Crippen LogP contribution in [0.25, 0.3) is 11.3 Å². The van der Waals surface area contributed by atoms with E-state index in [2.05, 4.69) is 5.32 Å². The Morgan fingerprint density at radius 1 is 0.960 bits per heavy atom. The van der Waals surface area contributed by atoms with Gasteiger partial charge in [-0.3, -0.25) is 4.79 Å². The molecule has 1 amide bonds. The summed E-state index contributed by atoms with van der Waals surface area (Å²) < 4.78 is 5.75. The summed E-state index contributed by atoms with van der Waals surface area (Å²) in [5.74, 6) is 0.910. The molecule has 3 rings (SSSR count). The molecule has 1 N–H and O–H groups in total. The topological polar surface area (TPSA) is 42.2 Å². The normalized spacial score (nSPS) is 10.8. The highest BCUT2D eigenvalue weighted by molar-refractivity contribution is 6.42. The second-order valence-electron chi connectivity index (χ2n) is 5.98. The van der Waals surface area contributed by atoms with E-state index in [0.29, 0.717) is 27.1 Å². The van der Waals surface area contributed by atoms with Crippen LogP contribution in [-0.4, -0.2) is 5.91 Å². The maximum atomic E-state index is 12.6. The Morgan fingerprint density at radius 2 is 1.72 bits per heavy atom. The molecule has 0 saturated carbocycles. The Kier molecular flexibility index (Phi) is 4.89. The van der Waals surface area contributed by atoms with Crippen molar-refractivity contribution in [2.45, 2.75) is 20.8 Å². The molecule has 0 aliphatic rings. The maximum absolute atomic E-state index is 12.6. The number of anilines is 1. The largest absolute Gasteiger partial charge is 0.461 e. The van der Waals surface area contributed by atoms with Crippen molar-refractivity contribution in [2.24, 2.45) is 0 Å². The minimum atomic E-state index is -0.207. The molecule has 0 spiro atoms. The maximum Gasteiger partial charge on any atom is 0.259 e. The van der Waals surface area contributed by atoms with Crippen molar-refractivity contribution in [2.75, 3.05) is 5.32 Å². The summed E-state index contributed by atoms with van der Waals surface area (Å²) in [4.78, 5) is 12.6. The number of rotatable bonds is 3. The van der Waals surface area contributed by atoms with E-state index >= 15 is 0 Å². The number of carbonyl (C=O) groups excluding carboxylic acids is 1. The molecule has 0 atom stereocenters. The minimum absolute atomic E-state index is 0.207. The molecule has 3 nitrogen and oxygen atoms in total. The summed E-state index contributed by atoms with van der Waals surface area (Å²) in [5, 5.41) is 3.86. The van der Waals surface area contributed by atoms with Crippen molar-refractivity contribution in [1.29, 1.82) is 0 Å². The van der Waals surface area contributed by atoms with Gasteiger partial charge in [-0.05, 0) is 62.2 Å². The number of hydrogen-bond donors (Lipinski definition) is 1. The highest BCUT2D eigenvalue weighted by Crippen LogP contribution is 2.31. The number of amides is 1. The fraction of sp³-hybridized carbons (Fsp3) is 0.150. The van der Waals surface area contributed by atoms with E-state index in [1.54, 1.807) is 31.2 Å². The molecule has 2 aromatic carbocycles. The van der Waals surface area contributed by atoms with Crippen LogP contribution in [0.1, 0.15) is 27.2 Å². The molecule has 0 bridgehead atoms. The van der Waals surface area contributed by atoms with Crippen LogP contribution in [-0.2, 0) is 0 Å². The van der Waals surface area contributed by atoms with E-state index in [9.17, 15) is 4.79 Å². The third-order valence-electron chi connectivity index (χ3n) is 4.01. The first-order chi connectivity index (χ1) is 11.8. The molecule has 128 valence electrons. The second kappa shape index (κ2) is 6.95. The fourth-order valence-corrected chi connectivity index (χ4v) is 2.86.